The van der Waals surface area contributed by atoms with Crippen molar-refractivity contribution in [1.82, 2.24) is 0 Å². The van der Waals surface area contributed by atoms with Crippen molar-refractivity contribution in [2.24, 2.45) is 0 Å². The first-order valence-corrected chi connectivity index (χ1v) is 7.41. The third-order valence-electron chi connectivity index (χ3n) is 1.23. The normalized spacial score (nSPS) is 11.6. The highest BCUT2D eigenvalue weighted by Crippen LogP contribution is 2.30. The van der Waals surface area contributed by atoms with E-state index in [2.05, 4.69) is 0 Å². The number of hydrogen-bond acceptors (Lipinski definition) is 3. The molecule has 0 aliphatic heterocycles. The van der Waals surface area contributed by atoms with Gasteiger partial charge in [0.05, 0.1) is 0 Å². The highest BCUT2D eigenvalue weighted by atomic mass is 127. The lowest BCUT2D eigenvalue weighted by Crippen LogP contribution is -1.97. The largest absolute Gasteiger partial charge is 0.508 e. The summed E-state index contributed by atoms with van der Waals surface area (Å²) in [7, 11) is 1.47. The molecule has 0 aromatic heterocycles. The molecule has 0 spiro atoms. The van der Waals surface area contributed by atoms with Gasteiger partial charge in [0.2, 0.25) is 0 Å². The zero-order valence-corrected chi connectivity index (χ0v) is 11.8. The lowest BCUT2D eigenvalue weighted by Gasteiger charge is -2.03. The van der Waals surface area contributed by atoms with E-state index in [1.54, 1.807) is 0 Å². The van der Waals surface area contributed by atoms with Crippen LogP contribution in [0.15, 0.2) is 17.0 Å². The molecule has 0 bridgehead atoms. The van der Waals surface area contributed by atoms with E-state index >= 15 is 0 Å². The Labute approximate surface area is 107 Å². The number of hydrogen-bond donors (Lipinski definition) is 1. The predicted octanol–water partition coefficient (Wildman–Crippen LogP) is 2.53. The van der Waals surface area contributed by atoms with Gasteiger partial charge >= 0.3 is 0 Å². The highest BCUT2D eigenvalue weighted by molar-refractivity contribution is 14.1. The maximum Gasteiger partial charge on any atom is 0.263 e. The van der Waals surface area contributed by atoms with E-state index in [0.717, 1.165) is 0 Å². The second kappa shape index (κ2) is 4.07. The summed E-state index contributed by atoms with van der Waals surface area (Å²) >= 11 is 3.62. The van der Waals surface area contributed by atoms with Crippen molar-refractivity contribution in [3.63, 3.8) is 0 Å². The van der Waals surface area contributed by atoms with E-state index in [0.29, 0.717) is 7.14 Å². The Bertz CT molecular complexity index is 420. The van der Waals surface area contributed by atoms with Crippen LogP contribution in [0, 0.1) is 7.14 Å². The SMILES string of the molecule is O=S(=O)(Cl)c1c(I)cc(O)cc1I. The van der Waals surface area contributed by atoms with E-state index in [-0.39, 0.29) is 10.6 Å². The Morgan fingerprint density at radius 2 is 1.62 bits per heavy atom. The standard InChI is InChI=1S/C6H3ClI2O3S/c7-13(11,12)6-4(8)1-3(10)2-5(6)9/h1-2,10H. The fourth-order valence-electron chi connectivity index (χ4n) is 0.779. The molecule has 1 aromatic rings. The smallest absolute Gasteiger partial charge is 0.263 e. The summed E-state index contributed by atoms with van der Waals surface area (Å²) in [5.41, 5.74) is 0. The summed E-state index contributed by atoms with van der Waals surface area (Å²) in [5, 5.41) is 9.14. The lowest BCUT2D eigenvalue weighted by molar-refractivity contribution is 0.473. The van der Waals surface area contributed by atoms with Gasteiger partial charge in [-0.15, -0.1) is 0 Å². The highest BCUT2D eigenvalue weighted by Gasteiger charge is 2.19. The molecule has 72 valence electrons. The molecule has 0 atom stereocenters. The van der Waals surface area contributed by atoms with Crippen LogP contribution in [-0.4, -0.2) is 13.5 Å². The molecule has 0 saturated heterocycles. The summed E-state index contributed by atoms with van der Waals surface area (Å²) in [6, 6.07) is 2.69. The minimum absolute atomic E-state index is 0.0258. The molecule has 1 aromatic carbocycles. The second-order valence-electron chi connectivity index (χ2n) is 2.18. The number of phenolic OH excluding ortho intramolecular Hbond substituents is 1. The molecule has 0 aliphatic carbocycles. The summed E-state index contributed by atoms with van der Waals surface area (Å²) in [4.78, 5) is 0.0492. The maximum absolute atomic E-state index is 11.1. The number of halogens is 3. The van der Waals surface area contributed by atoms with Crippen LogP contribution in [0.1, 0.15) is 0 Å². The van der Waals surface area contributed by atoms with Crippen LogP contribution >= 0.6 is 55.9 Å². The average Bonchev–Trinajstić information content (AvgIpc) is 1.78. The summed E-state index contributed by atoms with van der Waals surface area (Å²) in [5.74, 6) is 0.0258. The first-order valence-electron chi connectivity index (χ1n) is 2.95. The topological polar surface area (TPSA) is 54.4 Å². The maximum atomic E-state index is 11.1. The Morgan fingerprint density at radius 1 is 1.23 bits per heavy atom. The third-order valence-corrected chi connectivity index (χ3v) is 5.05. The monoisotopic (exact) mass is 444 g/mol. The summed E-state index contributed by atoms with van der Waals surface area (Å²) in [6.07, 6.45) is 0. The quantitative estimate of drug-likeness (QED) is 0.535. The molecule has 0 amide bonds. The van der Waals surface area contributed by atoms with Crippen molar-refractivity contribution >= 4 is 64.9 Å². The Hall–Kier alpha value is 0.720. The molecule has 7 heteroatoms. The molecule has 0 aliphatic rings. The molecule has 13 heavy (non-hydrogen) atoms. The molecular formula is C6H3ClI2O3S. The van der Waals surface area contributed by atoms with Crippen molar-refractivity contribution < 1.29 is 13.5 Å². The molecule has 3 nitrogen and oxygen atoms in total. The van der Waals surface area contributed by atoms with E-state index in [9.17, 15) is 8.42 Å². The summed E-state index contributed by atoms with van der Waals surface area (Å²) in [6.45, 7) is 0. The van der Waals surface area contributed by atoms with Crippen LogP contribution in [-0.2, 0) is 9.05 Å². The molecule has 0 saturated carbocycles. The van der Waals surface area contributed by atoms with Gasteiger partial charge in [-0.1, -0.05) is 0 Å². The van der Waals surface area contributed by atoms with Gasteiger partial charge in [0.25, 0.3) is 9.05 Å². The van der Waals surface area contributed by atoms with Gasteiger partial charge in [0, 0.05) is 17.8 Å². The van der Waals surface area contributed by atoms with Crippen molar-refractivity contribution in [3.05, 3.63) is 19.3 Å². The van der Waals surface area contributed by atoms with Crippen LogP contribution < -0.4 is 0 Å². The Balaban J connectivity index is 3.57. The van der Waals surface area contributed by atoms with Crippen molar-refractivity contribution in [2.75, 3.05) is 0 Å². The van der Waals surface area contributed by atoms with Crippen LogP contribution in [0.25, 0.3) is 0 Å². The van der Waals surface area contributed by atoms with Crippen molar-refractivity contribution in [3.8, 4) is 5.75 Å². The molecule has 0 heterocycles. The van der Waals surface area contributed by atoms with Crippen LogP contribution in [0.3, 0.4) is 0 Å². The molecular weight excluding hydrogens is 441 g/mol. The zero-order chi connectivity index (χ0) is 10.2. The third kappa shape index (κ3) is 2.83. The zero-order valence-electron chi connectivity index (χ0n) is 5.96. The first kappa shape index (κ1) is 11.8. The lowest BCUT2D eigenvalue weighted by atomic mass is 10.3. The predicted molar refractivity (Wildman–Crippen MR) is 66.6 cm³/mol. The van der Waals surface area contributed by atoms with E-state index in [1.165, 1.54) is 12.1 Å². The van der Waals surface area contributed by atoms with Gasteiger partial charge in [-0.3, -0.25) is 0 Å². The fraction of sp³-hybridized carbons (Fsp3) is 0. The van der Waals surface area contributed by atoms with Crippen molar-refractivity contribution in [2.45, 2.75) is 4.90 Å². The Kier molecular flexibility index (Phi) is 3.69. The molecule has 0 unspecified atom stereocenters. The van der Waals surface area contributed by atoms with E-state index in [1.807, 2.05) is 45.2 Å². The van der Waals surface area contributed by atoms with Crippen molar-refractivity contribution in [1.29, 1.82) is 0 Å². The van der Waals surface area contributed by atoms with Crippen LogP contribution in [0.2, 0.25) is 0 Å². The molecule has 1 N–H and O–H groups in total. The number of phenols is 1. The average molecular weight is 444 g/mol. The number of rotatable bonds is 1. The number of aromatic hydroxyl groups is 1. The van der Waals surface area contributed by atoms with Crippen LogP contribution in [0.4, 0.5) is 0 Å². The van der Waals surface area contributed by atoms with Gasteiger partial charge in [-0.25, -0.2) is 8.42 Å². The van der Waals surface area contributed by atoms with Crippen LogP contribution in [0.5, 0.6) is 5.75 Å². The van der Waals surface area contributed by atoms with Gasteiger partial charge in [0.1, 0.15) is 10.6 Å². The van der Waals surface area contributed by atoms with Gasteiger partial charge < -0.3 is 5.11 Å². The number of benzene rings is 1. The van der Waals surface area contributed by atoms with Gasteiger partial charge in [0.15, 0.2) is 0 Å². The second-order valence-corrected chi connectivity index (χ2v) is 7.00. The summed E-state index contributed by atoms with van der Waals surface area (Å²) < 4.78 is 22.9. The minimum atomic E-state index is -3.73. The van der Waals surface area contributed by atoms with E-state index in [4.69, 9.17) is 15.8 Å². The Morgan fingerprint density at radius 3 is 1.92 bits per heavy atom. The first-order chi connectivity index (χ1) is 5.82. The fourth-order valence-corrected chi connectivity index (χ4v) is 6.12. The van der Waals surface area contributed by atoms with Gasteiger partial charge in [-0.05, 0) is 57.3 Å². The molecule has 0 fully saturated rings. The van der Waals surface area contributed by atoms with E-state index < -0.39 is 9.05 Å². The minimum Gasteiger partial charge on any atom is -0.508 e. The molecule has 0 radical (unpaired) electrons. The van der Waals surface area contributed by atoms with Gasteiger partial charge in [-0.2, -0.15) is 0 Å². The molecule has 1 rings (SSSR count).